The molecule has 0 spiro atoms. The maximum Gasteiger partial charge on any atom is 0.126 e. The van der Waals surface area contributed by atoms with Gasteiger partial charge in [-0.15, -0.1) is 0 Å². The third kappa shape index (κ3) is 4.25. The Kier molecular flexibility index (Phi) is 5.49. The summed E-state index contributed by atoms with van der Waals surface area (Å²) in [5.41, 5.74) is 0.715. The molecule has 1 aliphatic heterocycles. The molecule has 2 nitrogen and oxygen atoms in total. The molecule has 0 saturated carbocycles. The molecule has 0 radical (unpaired) electrons. The van der Waals surface area contributed by atoms with Crippen LogP contribution in [-0.4, -0.2) is 30.6 Å². The van der Waals surface area contributed by atoms with E-state index in [1.54, 1.807) is 0 Å². The molecule has 4 heteroatoms. The predicted octanol–water partition coefficient (Wildman–Crippen LogP) is 3.17. The van der Waals surface area contributed by atoms with E-state index in [0.717, 1.165) is 38.5 Å². The monoisotopic (exact) mass is 282 g/mol. The lowest BCUT2D eigenvalue weighted by Gasteiger charge is -2.28. The summed E-state index contributed by atoms with van der Waals surface area (Å²) in [7, 11) is 0. The Labute approximate surface area is 120 Å². The molecule has 20 heavy (non-hydrogen) atoms. The van der Waals surface area contributed by atoms with E-state index in [4.69, 9.17) is 0 Å². The Morgan fingerprint density at radius 1 is 1.30 bits per heavy atom. The van der Waals surface area contributed by atoms with E-state index in [1.807, 2.05) is 0 Å². The molecule has 1 saturated heterocycles. The Balaban J connectivity index is 2.03. The molecule has 0 aliphatic carbocycles. The van der Waals surface area contributed by atoms with Crippen LogP contribution in [0.15, 0.2) is 18.2 Å². The normalized spacial score (nSPS) is 22.5. The van der Waals surface area contributed by atoms with E-state index in [0.29, 0.717) is 24.1 Å². The van der Waals surface area contributed by atoms with E-state index >= 15 is 0 Å². The summed E-state index contributed by atoms with van der Waals surface area (Å²) in [4.78, 5) is 2.30. The van der Waals surface area contributed by atoms with Crippen molar-refractivity contribution in [1.82, 2.24) is 10.2 Å². The van der Waals surface area contributed by atoms with E-state index in [-0.39, 0.29) is 0 Å². The summed E-state index contributed by atoms with van der Waals surface area (Å²) in [6.45, 7) is 7.99. The summed E-state index contributed by atoms with van der Waals surface area (Å²) in [6.07, 6.45) is 2.21. The molecule has 112 valence electrons. The highest BCUT2D eigenvalue weighted by atomic mass is 19.1. The molecule has 0 bridgehead atoms. The largest absolute Gasteiger partial charge is 0.312 e. The molecule has 1 heterocycles. The van der Waals surface area contributed by atoms with Crippen LogP contribution >= 0.6 is 0 Å². The zero-order chi connectivity index (χ0) is 14.5. The summed E-state index contributed by atoms with van der Waals surface area (Å²) in [5.74, 6) is -0.377. The zero-order valence-corrected chi connectivity index (χ0v) is 12.3. The Bertz CT molecular complexity index is 416. The Morgan fingerprint density at radius 2 is 2.00 bits per heavy atom. The standard InChI is InChI=1S/C16H24F2N2/c1-3-12(2)16-11-20(6-4-5-19-16)10-13-7-14(17)9-15(18)8-13/h7-9,12,16,19H,3-6,10-11H2,1-2H3. The van der Waals surface area contributed by atoms with Crippen molar-refractivity contribution >= 4 is 0 Å². The summed E-state index contributed by atoms with van der Waals surface area (Å²) < 4.78 is 26.5. The average molecular weight is 282 g/mol. The van der Waals surface area contributed by atoms with E-state index in [9.17, 15) is 8.78 Å². The first-order valence-electron chi connectivity index (χ1n) is 7.49. The van der Waals surface area contributed by atoms with Gasteiger partial charge in [-0.2, -0.15) is 0 Å². The topological polar surface area (TPSA) is 15.3 Å². The maximum absolute atomic E-state index is 13.3. The predicted molar refractivity (Wildman–Crippen MR) is 77.5 cm³/mol. The first-order chi connectivity index (χ1) is 9.58. The summed E-state index contributed by atoms with van der Waals surface area (Å²) in [5, 5.41) is 3.58. The Morgan fingerprint density at radius 3 is 2.65 bits per heavy atom. The minimum absolute atomic E-state index is 0.459. The molecule has 2 unspecified atom stereocenters. The third-order valence-corrected chi connectivity index (χ3v) is 4.17. The lowest BCUT2D eigenvalue weighted by atomic mass is 9.99. The number of hydrogen-bond acceptors (Lipinski definition) is 2. The van der Waals surface area contributed by atoms with Gasteiger partial charge in [0.25, 0.3) is 0 Å². The first-order valence-corrected chi connectivity index (χ1v) is 7.49. The number of halogens is 2. The van der Waals surface area contributed by atoms with Crippen LogP contribution in [0.1, 0.15) is 32.3 Å². The van der Waals surface area contributed by atoms with Gasteiger partial charge in [-0.1, -0.05) is 20.3 Å². The van der Waals surface area contributed by atoms with Gasteiger partial charge in [0.15, 0.2) is 0 Å². The quantitative estimate of drug-likeness (QED) is 0.912. The molecule has 1 aliphatic rings. The fourth-order valence-electron chi connectivity index (χ4n) is 2.79. The zero-order valence-electron chi connectivity index (χ0n) is 12.3. The van der Waals surface area contributed by atoms with Gasteiger partial charge in [-0.25, -0.2) is 8.78 Å². The molecule has 1 aromatic rings. The highest BCUT2D eigenvalue weighted by Crippen LogP contribution is 2.16. The number of benzene rings is 1. The minimum atomic E-state index is -0.494. The van der Waals surface area contributed by atoms with Crippen LogP contribution in [0.25, 0.3) is 0 Å². The van der Waals surface area contributed by atoms with Gasteiger partial charge in [0, 0.05) is 25.2 Å². The SMILES string of the molecule is CCC(C)C1CN(Cc2cc(F)cc(F)c2)CCCN1. The number of nitrogens with zero attached hydrogens (tertiary/aromatic N) is 1. The molecule has 1 fully saturated rings. The van der Waals surface area contributed by atoms with Gasteiger partial charge in [0.2, 0.25) is 0 Å². The van der Waals surface area contributed by atoms with E-state index in [2.05, 4.69) is 24.1 Å². The molecule has 1 N–H and O–H groups in total. The van der Waals surface area contributed by atoms with Crippen LogP contribution in [0.5, 0.6) is 0 Å². The lowest BCUT2D eigenvalue weighted by molar-refractivity contribution is 0.231. The van der Waals surface area contributed by atoms with Crippen molar-refractivity contribution in [1.29, 1.82) is 0 Å². The molecule has 0 amide bonds. The first kappa shape index (κ1) is 15.4. The van der Waals surface area contributed by atoms with Crippen molar-refractivity contribution in [3.8, 4) is 0 Å². The third-order valence-electron chi connectivity index (χ3n) is 4.17. The van der Waals surface area contributed by atoms with Crippen LogP contribution in [0.3, 0.4) is 0 Å². The molecule has 0 aromatic heterocycles. The van der Waals surface area contributed by atoms with E-state index in [1.165, 1.54) is 12.1 Å². The van der Waals surface area contributed by atoms with Crippen LogP contribution in [0, 0.1) is 17.6 Å². The second kappa shape index (κ2) is 7.14. The van der Waals surface area contributed by atoms with Gasteiger partial charge in [-0.3, -0.25) is 4.90 Å². The second-order valence-corrected chi connectivity index (χ2v) is 5.81. The number of rotatable bonds is 4. The summed E-state index contributed by atoms with van der Waals surface area (Å²) in [6, 6.07) is 4.25. The van der Waals surface area contributed by atoms with Crippen molar-refractivity contribution in [3.05, 3.63) is 35.4 Å². The van der Waals surface area contributed by atoms with Crippen molar-refractivity contribution in [2.75, 3.05) is 19.6 Å². The highest BCUT2D eigenvalue weighted by molar-refractivity contribution is 5.17. The minimum Gasteiger partial charge on any atom is -0.312 e. The second-order valence-electron chi connectivity index (χ2n) is 5.81. The maximum atomic E-state index is 13.3. The molecule has 2 rings (SSSR count). The van der Waals surface area contributed by atoms with Crippen molar-refractivity contribution < 1.29 is 8.78 Å². The van der Waals surface area contributed by atoms with Gasteiger partial charge in [0.1, 0.15) is 11.6 Å². The Hall–Kier alpha value is -1.00. The molecular formula is C16H24F2N2. The van der Waals surface area contributed by atoms with Gasteiger partial charge in [0.05, 0.1) is 0 Å². The van der Waals surface area contributed by atoms with Crippen molar-refractivity contribution in [2.24, 2.45) is 5.92 Å². The molecule has 2 atom stereocenters. The molecular weight excluding hydrogens is 258 g/mol. The number of hydrogen-bond donors (Lipinski definition) is 1. The lowest BCUT2D eigenvalue weighted by Crippen LogP contribution is -2.41. The van der Waals surface area contributed by atoms with Crippen LogP contribution in [0.4, 0.5) is 8.78 Å². The highest BCUT2D eigenvalue weighted by Gasteiger charge is 2.21. The van der Waals surface area contributed by atoms with Crippen LogP contribution in [-0.2, 0) is 6.54 Å². The van der Waals surface area contributed by atoms with Gasteiger partial charge in [-0.05, 0) is 43.1 Å². The molecule has 1 aromatic carbocycles. The summed E-state index contributed by atoms with van der Waals surface area (Å²) >= 11 is 0. The van der Waals surface area contributed by atoms with Crippen LogP contribution < -0.4 is 5.32 Å². The van der Waals surface area contributed by atoms with Crippen molar-refractivity contribution in [3.63, 3.8) is 0 Å². The fraction of sp³-hybridized carbons (Fsp3) is 0.625. The smallest absolute Gasteiger partial charge is 0.126 e. The van der Waals surface area contributed by atoms with Gasteiger partial charge >= 0.3 is 0 Å². The van der Waals surface area contributed by atoms with E-state index < -0.39 is 11.6 Å². The number of nitrogens with one attached hydrogen (secondary N) is 1. The average Bonchev–Trinajstić information content (AvgIpc) is 2.62. The fourth-order valence-corrected chi connectivity index (χ4v) is 2.79. The van der Waals surface area contributed by atoms with Gasteiger partial charge < -0.3 is 5.32 Å². The van der Waals surface area contributed by atoms with Crippen molar-refractivity contribution in [2.45, 2.75) is 39.3 Å². The van der Waals surface area contributed by atoms with Crippen LogP contribution in [0.2, 0.25) is 0 Å².